The number of halogens is 4. The van der Waals surface area contributed by atoms with E-state index < -0.39 is 30.3 Å². The van der Waals surface area contributed by atoms with Crippen LogP contribution in [0.25, 0.3) is 0 Å². The van der Waals surface area contributed by atoms with E-state index in [4.69, 9.17) is 11.6 Å². The van der Waals surface area contributed by atoms with Crippen molar-refractivity contribution in [1.29, 1.82) is 0 Å². The van der Waals surface area contributed by atoms with Gasteiger partial charge in [0.2, 0.25) is 5.95 Å². The first-order chi connectivity index (χ1) is 7.99. The van der Waals surface area contributed by atoms with Gasteiger partial charge in [0.15, 0.2) is 0 Å². The lowest BCUT2D eigenvalue weighted by atomic mass is 10.1. The third kappa shape index (κ3) is 3.33. The summed E-state index contributed by atoms with van der Waals surface area (Å²) in [6.07, 6.45) is -3.39. The number of carbonyl (C=O) groups is 1. The van der Waals surface area contributed by atoms with Gasteiger partial charge in [0.25, 0.3) is 6.43 Å². The van der Waals surface area contributed by atoms with E-state index in [2.05, 4.69) is 9.72 Å². The molecule has 0 saturated carbocycles. The second kappa shape index (κ2) is 5.86. The van der Waals surface area contributed by atoms with Gasteiger partial charge in [0, 0.05) is 11.4 Å². The Bertz CT molecular complexity index is 426. The van der Waals surface area contributed by atoms with Crippen molar-refractivity contribution in [2.75, 3.05) is 7.11 Å². The topological polar surface area (TPSA) is 39.2 Å². The maximum Gasteiger partial charge on any atom is 0.311 e. The molecule has 17 heavy (non-hydrogen) atoms. The van der Waals surface area contributed by atoms with Gasteiger partial charge in [-0.05, 0) is 11.6 Å². The van der Waals surface area contributed by atoms with Crippen molar-refractivity contribution in [3.63, 3.8) is 0 Å². The Labute approximate surface area is 101 Å². The molecule has 0 aliphatic rings. The first-order valence-corrected chi connectivity index (χ1v) is 5.12. The molecule has 1 heterocycles. The van der Waals surface area contributed by atoms with Crippen molar-refractivity contribution in [3.8, 4) is 0 Å². The molecular formula is C10H9ClF3NO2. The van der Waals surface area contributed by atoms with Crippen LogP contribution in [0.1, 0.15) is 23.2 Å². The summed E-state index contributed by atoms with van der Waals surface area (Å²) in [5.41, 5.74) is -0.928. The standard InChI is InChI=1S/C10H9ClF3NO2/c1-17-8(16)3-6-9(10(13)14)5(4-11)2-7(12)15-6/h2,10H,3-4H2,1H3. The monoisotopic (exact) mass is 267 g/mol. The normalized spacial score (nSPS) is 10.7. The highest BCUT2D eigenvalue weighted by Crippen LogP contribution is 2.28. The number of alkyl halides is 3. The van der Waals surface area contributed by atoms with Crippen LogP contribution in [-0.4, -0.2) is 18.1 Å². The molecule has 94 valence electrons. The van der Waals surface area contributed by atoms with Crippen molar-refractivity contribution >= 4 is 17.6 Å². The van der Waals surface area contributed by atoms with Gasteiger partial charge >= 0.3 is 5.97 Å². The minimum Gasteiger partial charge on any atom is -0.469 e. The fraction of sp³-hybridized carbons (Fsp3) is 0.400. The van der Waals surface area contributed by atoms with Crippen LogP contribution in [0.3, 0.4) is 0 Å². The Hall–Kier alpha value is -1.30. The Morgan fingerprint density at radius 3 is 2.71 bits per heavy atom. The van der Waals surface area contributed by atoms with Gasteiger partial charge in [0.05, 0.1) is 19.2 Å². The molecule has 0 atom stereocenters. The number of pyridine rings is 1. The zero-order valence-electron chi connectivity index (χ0n) is 8.84. The second-order valence-corrected chi connectivity index (χ2v) is 3.42. The molecule has 0 spiro atoms. The highest BCUT2D eigenvalue weighted by molar-refractivity contribution is 6.17. The van der Waals surface area contributed by atoms with E-state index in [9.17, 15) is 18.0 Å². The molecule has 3 nitrogen and oxygen atoms in total. The lowest BCUT2D eigenvalue weighted by molar-refractivity contribution is -0.139. The number of methoxy groups -OCH3 is 1. The van der Waals surface area contributed by atoms with Gasteiger partial charge in [0.1, 0.15) is 0 Å². The van der Waals surface area contributed by atoms with Gasteiger partial charge in [-0.2, -0.15) is 4.39 Å². The maximum absolute atomic E-state index is 13.0. The lowest BCUT2D eigenvalue weighted by Gasteiger charge is -2.11. The second-order valence-electron chi connectivity index (χ2n) is 3.15. The van der Waals surface area contributed by atoms with E-state index >= 15 is 0 Å². The quantitative estimate of drug-likeness (QED) is 0.478. The molecule has 0 fully saturated rings. The molecule has 0 saturated heterocycles. The molecule has 1 aromatic rings. The average molecular weight is 268 g/mol. The van der Waals surface area contributed by atoms with Crippen LogP contribution >= 0.6 is 11.6 Å². The Balaban J connectivity index is 3.25. The highest BCUT2D eigenvalue weighted by Gasteiger charge is 2.22. The third-order valence-electron chi connectivity index (χ3n) is 2.09. The van der Waals surface area contributed by atoms with Gasteiger partial charge in [-0.3, -0.25) is 4.79 Å². The summed E-state index contributed by atoms with van der Waals surface area (Å²) in [5.74, 6) is -2.01. The van der Waals surface area contributed by atoms with Crippen LogP contribution in [0.2, 0.25) is 0 Å². The summed E-state index contributed by atoms with van der Waals surface area (Å²) in [6.45, 7) is 0. The predicted molar refractivity (Wildman–Crippen MR) is 54.4 cm³/mol. The summed E-state index contributed by atoms with van der Waals surface area (Å²) in [6, 6.07) is 0.829. The van der Waals surface area contributed by atoms with E-state index in [-0.39, 0.29) is 17.1 Å². The maximum atomic E-state index is 13.0. The van der Waals surface area contributed by atoms with Crippen LogP contribution in [0, 0.1) is 5.95 Å². The van der Waals surface area contributed by atoms with Crippen molar-refractivity contribution in [2.24, 2.45) is 0 Å². The van der Waals surface area contributed by atoms with Gasteiger partial charge in [-0.1, -0.05) is 0 Å². The SMILES string of the molecule is COC(=O)Cc1nc(F)cc(CCl)c1C(F)F. The molecule has 0 amide bonds. The number of hydrogen-bond acceptors (Lipinski definition) is 3. The van der Waals surface area contributed by atoms with E-state index in [1.54, 1.807) is 0 Å². The molecule has 0 aromatic carbocycles. The Morgan fingerprint density at radius 1 is 1.59 bits per heavy atom. The first-order valence-electron chi connectivity index (χ1n) is 4.58. The van der Waals surface area contributed by atoms with Crippen LogP contribution in [0.4, 0.5) is 13.2 Å². The fourth-order valence-electron chi connectivity index (χ4n) is 1.35. The molecule has 0 radical (unpaired) electrons. The van der Waals surface area contributed by atoms with Gasteiger partial charge in [-0.15, -0.1) is 11.6 Å². The molecule has 0 aliphatic heterocycles. The number of nitrogens with zero attached hydrogens (tertiary/aromatic N) is 1. The van der Waals surface area contributed by atoms with Crippen molar-refractivity contribution < 1.29 is 22.7 Å². The Morgan fingerprint density at radius 2 is 2.24 bits per heavy atom. The van der Waals surface area contributed by atoms with Gasteiger partial charge < -0.3 is 4.74 Å². The zero-order chi connectivity index (χ0) is 13.0. The number of rotatable bonds is 4. The molecule has 1 rings (SSSR count). The molecule has 0 N–H and O–H groups in total. The van der Waals surface area contributed by atoms with Crippen LogP contribution in [0.15, 0.2) is 6.07 Å². The van der Waals surface area contributed by atoms with Crippen LogP contribution in [-0.2, 0) is 21.8 Å². The lowest BCUT2D eigenvalue weighted by Crippen LogP contribution is -2.12. The summed E-state index contributed by atoms with van der Waals surface area (Å²) < 4.78 is 42.9. The zero-order valence-corrected chi connectivity index (χ0v) is 9.60. The molecule has 0 unspecified atom stereocenters. The van der Waals surface area contributed by atoms with E-state index in [1.165, 1.54) is 0 Å². The summed E-state index contributed by atoms with van der Waals surface area (Å²) in [5, 5.41) is 0. The smallest absolute Gasteiger partial charge is 0.311 e. The summed E-state index contributed by atoms with van der Waals surface area (Å²) in [4.78, 5) is 14.3. The molecule has 1 aromatic heterocycles. The molecule has 0 bridgehead atoms. The van der Waals surface area contributed by atoms with E-state index in [0.717, 1.165) is 13.2 Å². The minimum atomic E-state index is -2.88. The number of carbonyl (C=O) groups excluding carboxylic acids is 1. The molecular weight excluding hydrogens is 259 g/mol. The third-order valence-corrected chi connectivity index (χ3v) is 2.38. The van der Waals surface area contributed by atoms with E-state index in [1.807, 2.05) is 0 Å². The molecule has 7 heteroatoms. The average Bonchev–Trinajstić information content (AvgIpc) is 2.27. The number of aromatic nitrogens is 1. The number of esters is 1. The number of ether oxygens (including phenoxy) is 1. The highest BCUT2D eigenvalue weighted by atomic mass is 35.5. The van der Waals surface area contributed by atoms with Crippen molar-refractivity contribution in [1.82, 2.24) is 4.98 Å². The van der Waals surface area contributed by atoms with Crippen molar-refractivity contribution in [3.05, 3.63) is 28.8 Å². The Kier molecular flexibility index (Phi) is 4.74. The molecule has 0 aliphatic carbocycles. The minimum absolute atomic E-state index is 0.0759. The predicted octanol–water partition coefficient (Wildman–Crippen LogP) is 2.61. The summed E-state index contributed by atoms with van der Waals surface area (Å²) in [7, 11) is 1.10. The van der Waals surface area contributed by atoms with Crippen LogP contribution in [0.5, 0.6) is 0 Å². The van der Waals surface area contributed by atoms with Gasteiger partial charge in [-0.25, -0.2) is 13.8 Å². The fourth-order valence-corrected chi connectivity index (χ4v) is 1.57. The number of hydrogen-bond donors (Lipinski definition) is 0. The van der Waals surface area contributed by atoms with Crippen molar-refractivity contribution in [2.45, 2.75) is 18.7 Å². The largest absolute Gasteiger partial charge is 0.469 e. The first kappa shape index (κ1) is 13.8. The van der Waals surface area contributed by atoms with E-state index in [0.29, 0.717) is 0 Å². The van der Waals surface area contributed by atoms with Crippen LogP contribution < -0.4 is 0 Å². The summed E-state index contributed by atoms with van der Waals surface area (Å²) >= 11 is 5.45.